The smallest absolute Gasteiger partial charge is 0.306 e. The number of fused-ring (bicyclic) bond motifs is 1. The first-order chi connectivity index (χ1) is 16.3. The summed E-state index contributed by atoms with van der Waals surface area (Å²) in [6.45, 7) is 4.23. The van der Waals surface area contributed by atoms with E-state index in [0.717, 1.165) is 25.7 Å². The summed E-state index contributed by atoms with van der Waals surface area (Å²) < 4.78 is 17.2. The van der Waals surface area contributed by atoms with Crippen LogP contribution in [-0.4, -0.2) is 73.8 Å². The molecule has 1 aromatic rings. The van der Waals surface area contributed by atoms with Crippen molar-refractivity contribution < 1.29 is 33.4 Å². The molecular weight excluding hydrogens is 437 g/mol. The number of unbranched alkanes of at least 4 members (excludes halogenated alkanes) is 3. The molecule has 182 valence electrons. The molecule has 0 N–H and O–H groups in total. The first-order valence-electron chi connectivity index (χ1n) is 12.0. The molecule has 1 saturated heterocycles. The van der Waals surface area contributed by atoms with Crippen LogP contribution in [0, 0.1) is 0 Å². The van der Waals surface area contributed by atoms with Crippen molar-refractivity contribution in [3.05, 3.63) is 35.4 Å². The van der Waals surface area contributed by atoms with E-state index in [9.17, 15) is 19.2 Å². The van der Waals surface area contributed by atoms with Crippen LogP contribution >= 0.6 is 0 Å². The summed E-state index contributed by atoms with van der Waals surface area (Å²) in [7, 11) is 6.02. The van der Waals surface area contributed by atoms with Gasteiger partial charge in [-0.2, -0.15) is 0 Å². The molecule has 0 saturated carbocycles. The zero-order valence-corrected chi connectivity index (χ0v) is 19.9. The van der Waals surface area contributed by atoms with Gasteiger partial charge >= 0.3 is 5.97 Å². The van der Waals surface area contributed by atoms with Gasteiger partial charge in [-0.3, -0.25) is 19.3 Å². The zero-order chi connectivity index (χ0) is 24.7. The van der Waals surface area contributed by atoms with E-state index >= 15 is 0 Å². The maximum absolute atomic E-state index is 12.4. The number of hydrogen-bond acceptors (Lipinski definition) is 7. The zero-order valence-electron chi connectivity index (χ0n) is 19.9. The third-order valence-electron chi connectivity index (χ3n) is 6.16. The van der Waals surface area contributed by atoms with Gasteiger partial charge in [-0.25, -0.2) is 0 Å². The summed E-state index contributed by atoms with van der Waals surface area (Å²) in [4.78, 5) is 49.3. The maximum Gasteiger partial charge on any atom is 0.306 e. The summed E-state index contributed by atoms with van der Waals surface area (Å²) in [5, 5.41) is 0. The van der Waals surface area contributed by atoms with Gasteiger partial charge in [-0.15, -0.1) is 0 Å². The number of nitrogens with zero attached hydrogens (tertiary/aromatic N) is 1. The highest BCUT2D eigenvalue weighted by Gasteiger charge is 2.44. The summed E-state index contributed by atoms with van der Waals surface area (Å²) >= 11 is 0. The Labute approximate surface area is 201 Å². The van der Waals surface area contributed by atoms with Crippen molar-refractivity contribution in [3.8, 4) is 0 Å². The summed E-state index contributed by atoms with van der Waals surface area (Å²) in [5.74, 6) is -1.02. The Morgan fingerprint density at radius 3 is 2.26 bits per heavy atom. The molecule has 0 bridgehead atoms. The number of imide groups is 1. The Balaban J connectivity index is 1.37. The molecule has 2 aliphatic rings. The average molecular weight is 469 g/mol. The Hall–Kier alpha value is -2.52. The molecule has 0 aromatic heterocycles. The van der Waals surface area contributed by atoms with Crippen LogP contribution in [0.5, 0.6) is 0 Å². The molecule has 0 spiro atoms. The van der Waals surface area contributed by atoms with Crippen LogP contribution in [-0.2, 0) is 23.8 Å². The van der Waals surface area contributed by atoms with Crippen LogP contribution in [0.4, 0.5) is 0 Å². The molecule has 3 rings (SSSR count). The summed E-state index contributed by atoms with van der Waals surface area (Å²) in [5.41, 5.74) is 0.944. The van der Waals surface area contributed by atoms with E-state index < -0.39 is 24.2 Å². The van der Waals surface area contributed by atoms with Crippen LogP contribution in [0.2, 0.25) is 0 Å². The molecule has 1 fully saturated rings. The van der Waals surface area contributed by atoms with Crippen molar-refractivity contribution >= 4 is 31.4 Å². The second kappa shape index (κ2) is 12.3. The van der Waals surface area contributed by atoms with Crippen molar-refractivity contribution in [1.82, 2.24) is 4.90 Å². The molecule has 1 aromatic carbocycles. The van der Waals surface area contributed by atoms with Gasteiger partial charge in [0.15, 0.2) is 0 Å². The van der Waals surface area contributed by atoms with Gasteiger partial charge in [0.2, 0.25) is 0 Å². The van der Waals surface area contributed by atoms with Crippen LogP contribution in [0.25, 0.3) is 0 Å². The minimum Gasteiger partial charge on any atom is -0.458 e. The van der Waals surface area contributed by atoms with Crippen molar-refractivity contribution in [2.75, 3.05) is 13.2 Å². The minimum absolute atomic E-state index is 0.00910. The van der Waals surface area contributed by atoms with E-state index in [4.69, 9.17) is 22.1 Å². The normalized spacial score (nSPS) is 23.9. The quantitative estimate of drug-likeness (QED) is 0.190. The number of amides is 2. The van der Waals surface area contributed by atoms with E-state index in [2.05, 4.69) is 0 Å². The molecule has 2 heterocycles. The van der Waals surface area contributed by atoms with E-state index in [-0.39, 0.29) is 36.5 Å². The molecule has 2 radical (unpaired) electrons. The Bertz CT molecular complexity index is 870. The van der Waals surface area contributed by atoms with Gasteiger partial charge in [-0.05, 0) is 38.3 Å². The first kappa shape index (κ1) is 26.1. The van der Waals surface area contributed by atoms with Crippen molar-refractivity contribution in [1.29, 1.82) is 0 Å². The molecule has 2 amide bonds. The fourth-order valence-electron chi connectivity index (χ4n) is 4.30. The maximum atomic E-state index is 12.4. The highest BCUT2D eigenvalue weighted by molar-refractivity contribution is 6.21. The van der Waals surface area contributed by atoms with E-state index in [1.54, 1.807) is 24.3 Å². The Morgan fingerprint density at radius 2 is 1.65 bits per heavy atom. The number of ketones is 1. The number of carbonyl (C=O) groups is 4. The standard InChI is InChI=1S/C25H32BNO7/c1-3-19-21(22(23(26)33-19)34-20(29)13-12-16(2)28)32-15-9-5-4-8-14-27-24(30)17-10-6-7-11-18(17)25(27)31/h6-7,10-11,19,21-23H,3-5,8-9,12-15H2,1-2H3/t19-,21+,22?,23-/m1/s1. The number of ether oxygens (including phenoxy) is 3. The fraction of sp³-hybridized carbons (Fsp3) is 0.600. The largest absolute Gasteiger partial charge is 0.458 e. The first-order valence-corrected chi connectivity index (χ1v) is 12.0. The van der Waals surface area contributed by atoms with Gasteiger partial charge in [0, 0.05) is 19.6 Å². The molecule has 8 nitrogen and oxygen atoms in total. The highest BCUT2D eigenvalue weighted by Crippen LogP contribution is 2.28. The number of rotatable bonds is 13. The third kappa shape index (κ3) is 6.33. The molecule has 0 aliphatic carbocycles. The molecule has 34 heavy (non-hydrogen) atoms. The molecule has 2 aliphatic heterocycles. The van der Waals surface area contributed by atoms with Crippen molar-refractivity contribution in [2.45, 2.75) is 83.1 Å². The lowest BCUT2D eigenvalue weighted by Crippen LogP contribution is -2.39. The van der Waals surface area contributed by atoms with Gasteiger partial charge in [0.25, 0.3) is 11.8 Å². The fourth-order valence-corrected chi connectivity index (χ4v) is 4.30. The summed E-state index contributed by atoms with van der Waals surface area (Å²) in [6, 6.07) is 6.12. The average Bonchev–Trinajstić information content (AvgIpc) is 3.25. The Morgan fingerprint density at radius 1 is 1.00 bits per heavy atom. The third-order valence-corrected chi connectivity index (χ3v) is 6.16. The predicted molar refractivity (Wildman–Crippen MR) is 125 cm³/mol. The predicted octanol–water partition coefficient (Wildman–Crippen LogP) is 2.81. The minimum atomic E-state index is -0.768. The summed E-state index contributed by atoms with van der Waals surface area (Å²) in [6.07, 6.45) is 2.57. The number of Topliss-reactive ketones (excluding diaryl/α,β-unsaturated/α-hetero) is 1. The molecular formula is C25H32BNO7. The van der Waals surface area contributed by atoms with Gasteiger partial charge in [-0.1, -0.05) is 31.9 Å². The lowest BCUT2D eigenvalue weighted by atomic mass is 9.92. The van der Waals surface area contributed by atoms with E-state index in [0.29, 0.717) is 30.7 Å². The number of carbonyl (C=O) groups excluding carboxylic acids is 4. The van der Waals surface area contributed by atoms with Crippen LogP contribution in [0.3, 0.4) is 0 Å². The monoisotopic (exact) mass is 469 g/mol. The number of esters is 1. The molecule has 9 heteroatoms. The molecule has 1 unspecified atom stereocenters. The SMILES string of the molecule is [B][C@@H]1O[C@H](CC)[C@H](OCCCCCCN2C(=O)c3ccccc3C2=O)C1OC(=O)CCC(C)=O. The van der Waals surface area contributed by atoms with Gasteiger partial charge in [0.1, 0.15) is 25.8 Å². The van der Waals surface area contributed by atoms with Crippen molar-refractivity contribution in [2.24, 2.45) is 0 Å². The highest BCUT2D eigenvalue weighted by atomic mass is 16.6. The second-order valence-electron chi connectivity index (χ2n) is 8.76. The Kier molecular flexibility index (Phi) is 9.41. The topological polar surface area (TPSA) is 99.2 Å². The lowest BCUT2D eigenvalue weighted by molar-refractivity contribution is -0.156. The van der Waals surface area contributed by atoms with E-state index in [1.807, 2.05) is 6.92 Å². The van der Waals surface area contributed by atoms with Crippen molar-refractivity contribution in [3.63, 3.8) is 0 Å². The van der Waals surface area contributed by atoms with E-state index in [1.165, 1.54) is 11.8 Å². The number of benzene rings is 1. The van der Waals surface area contributed by atoms with Gasteiger partial charge in [0.05, 0.1) is 29.7 Å². The number of hydrogen-bond donors (Lipinski definition) is 0. The second-order valence-corrected chi connectivity index (χ2v) is 8.76. The van der Waals surface area contributed by atoms with Crippen LogP contribution in [0.15, 0.2) is 24.3 Å². The van der Waals surface area contributed by atoms with Crippen LogP contribution in [0.1, 0.15) is 79.5 Å². The van der Waals surface area contributed by atoms with Gasteiger partial charge < -0.3 is 19.0 Å². The lowest BCUT2D eigenvalue weighted by Gasteiger charge is -2.24. The van der Waals surface area contributed by atoms with Crippen LogP contribution < -0.4 is 0 Å². The molecule has 4 atom stereocenters.